The Balaban J connectivity index is 1.85. The quantitative estimate of drug-likeness (QED) is 0.229. The molecule has 2 aliphatic rings. The van der Waals surface area contributed by atoms with Gasteiger partial charge in [-0.15, -0.1) is 11.3 Å². The van der Waals surface area contributed by atoms with Crippen molar-refractivity contribution in [1.82, 2.24) is 0 Å². The van der Waals surface area contributed by atoms with Crippen LogP contribution in [0.5, 0.6) is 0 Å². The molecule has 1 aliphatic carbocycles. The lowest BCUT2D eigenvalue weighted by Crippen LogP contribution is -2.46. The first-order valence-corrected chi connectivity index (χ1v) is 15.0. The van der Waals surface area contributed by atoms with Crippen LogP contribution >= 0.6 is 34.5 Å². The number of hydrogen-bond donors (Lipinski definition) is 1. The van der Waals surface area contributed by atoms with E-state index in [1.165, 1.54) is 40.5 Å². The van der Waals surface area contributed by atoms with Crippen LogP contribution in [0.2, 0.25) is 10.0 Å². The van der Waals surface area contributed by atoms with Crippen molar-refractivity contribution in [2.45, 2.75) is 32.1 Å². The molecular formula is C31H27Cl2FN2O5S. The van der Waals surface area contributed by atoms with Crippen molar-refractivity contribution >= 4 is 57.9 Å². The van der Waals surface area contributed by atoms with Crippen LogP contribution in [0.25, 0.3) is 0 Å². The predicted octanol–water partition coefficient (Wildman–Crippen LogP) is 6.72. The van der Waals surface area contributed by atoms with E-state index in [4.69, 9.17) is 38.4 Å². The Kier molecular flexibility index (Phi) is 8.73. The first-order valence-electron chi connectivity index (χ1n) is 13.3. The molecule has 0 radical (unpaired) electrons. The van der Waals surface area contributed by atoms with Gasteiger partial charge >= 0.3 is 11.9 Å². The summed E-state index contributed by atoms with van der Waals surface area (Å²) in [7, 11) is 0. The second kappa shape index (κ2) is 12.3. The highest BCUT2D eigenvalue weighted by molar-refractivity contribution is 7.10. The molecule has 3 atom stereocenters. The number of rotatable bonds is 7. The van der Waals surface area contributed by atoms with E-state index < -0.39 is 41.3 Å². The van der Waals surface area contributed by atoms with Gasteiger partial charge in [0.15, 0.2) is 5.78 Å². The van der Waals surface area contributed by atoms with Gasteiger partial charge < -0.3 is 15.2 Å². The van der Waals surface area contributed by atoms with Gasteiger partial charge in [0.05, 0.1) is 30.4 Å². The molecule has 1 aliphatic heterocycles. The summed E-state index contributed by atoms with van der Waals surface area (Å²) in [6.45, 7) is 3.36. The normalized spacial score (nSPS) is 20.5. The summed E-state index contributed by atoms with van der Waals surface area (Å²) in [5, 5.41) is 2.45. The molecular weight excluding hydrogens is 602 g/mol. The van der Waals surface area contributed by atoms with Gasteiger partial charge in [-0.25, -0.2) is 9.18 Å². The maximum atomic E-state index is 15.5. The minimum absolute atomic E-state index is 0.00829. The van der Waals surface area contributed by atoms with Crippen LogP contribution in [-0.4, -0.2) is 30.9 Å². The SMILES string of the molecule is CCOC(=O)C1=C(N)N(c2cc(Cl)cc(Cl)c2)C2=C(C(=O)[C@H](C(=O)OCC)[C@@H](c3cccs3)C2)[C@H]1c1ccccc1F. The zero-order chi connectivity index (χ0) is 30.1. The topological polar surface area (TPSA) is 98.9 Å². The molecule has 0 spiro atoms. The molecule has 7 nitrogen and oxygen atoms in total. The van der Waals surface area contributed by atoms with E-state index in [9.17, 15) is 14.4 Å². The van der Waals surface area contributed by atoms with E-state index in [1.807, 2.05) is 17.5 Å². The third-order valence-corrected chi connectivity index (χ3v) is 8.75. The minimum atomic E-state index is -1.25. The lowest BCUT2D eigenvalue weighted by molar-refractivity contribution is -0.152. The Morgan fingerprint density at radius 3 is 2.36 bits per heavy atom. The molecule has 2 heterocycles. The summed E-state index contributed by atoms with van der Waals surface area (Å²) < 4.78 is 26.3. The van der Waals surface area contributed by atoms with Crippen molar-refractivity contribution in [2.24, 2.45) is 11.7 Å². The second-order valence-corrected chi connectivity index (χ2v) is 11.6. The molecule has 42 heavy (non-hydrogen) atoms. The standard InChI is InChI=1S/C31H27Cl2FN2O5S/c1-3-40-30(38)25-20(23-10-7-11-42-23)15-22-26(28(25)37)24(19-8-5-6-9-21(19)34)27(31(39)41-4-2)29(35)36(22)18-13-16(32)12-17(33)14-18/h5-14,20,24-25H,3-4,15,35H2,1-2H3/t20-,24-,25-/m1/s1. The number of hydrogen-bond acceptors (Lipinski definition) is 8. The lowest BCUT2D eigenvalue weighted by atomic mass is 9.68. The van der Waals surface area contributed by atoms with Crippen LogP contribution in [0.1, 0.15) is 42.5 Å². The van der Waals surface area contributed by atoms with Crippen molar-refractivity contribution in [1.29, 1.82) is 0 Å². The zero-order valence-electron chi connectivity index (χ0n) is 22.7. The summed E-state index contributed by atoms with van der Waals surface area (Å²) in [4.78, 5) is 44.0. The molecule has 0 fully saturated rings. The van der Waals surface area contributed by atoms with Gasteiger partial charge in [-0.3, -0.25) is 14.5 Å². The number of carbonyl (C=O) groups is 3. The fourth-order valence-corrected chi connectivity index (χ4v) is 7.07. The number of Topliss-reactive ketones (excluding diaryl/α,β-unsaturated/α-hetero) is 1. The fraction of sp³-hybridized carbons (Fsp3) is 0.258. The van der Waals surface area contributed by atoms with Gasteiger partial charge in [-0.2, -0.15) is 0 Å². The molecule has 0 saturated carbocycles. The zero-order valence-corrected chi connectivity index (χ0v) is 25.1. The number of carbonyl (C=O) groups excluding carboxylic acids is 3. The first-order chi connectivity index (χ1) is 20.2. The molecule has 3 aromatic rings. The molecule has 2 N–H and O–H groups in total. The predicted molar refractivity (Wildman–Crippen MR) is 160 cm³/mol. The van der Waals surface area contributed by atoms with Gasteiger partial charge in [0.2, 0.25) is 0 Å². The third-order valence-electron chi connectivity index (χ3n) is 7.30. The Labute approximate surface area is 256 Å². The van der Waals surface area contributed by atoms with Gasteiger partial charge in [-0.05, 0) is 56.0 Å². The Hall–Kier alpha value is -3.66. The molecule has 5 rings (SSSR count). The maximum Gasteiger partial charge on any atom is 0.338 e. The average Bonchev–Trinajstić information content (AvgIpc) is 3.47. The van der Waals surface area contributed by atoms with Crippen LogP contribution in [0.4, 0.5) is 10.1 Å². The van der Waals surface area contributed by atoms with Gasteiger partial charge in [0.1, 0.15) is 17.6 Å². The number of esters is 2. The van der Waals surface area contributed by atoms with E-state index in [-0.39, 0.29) is 42.2 Å². The number of thiophene rings is 1. The van der Waals surface area contributed by atoms with Crippen molar-refractivity contribution in [3.8, 4) is 0 Å². The minimum Gasteiger partial charge on any atom is -0.465 e. The number of nitrogens with zero attached hydrogens (tertiary/aromatic N) is 1. The molecule has 218 valence electrons. The summed E-state index contributed by atoms with van der Waals surface area (Å²) in [6, 6.07) is 14.2. The summed E-state index contributed by atoms with van der Waals surface area (Å²) in [5.74, 6) is -5.91. The van der Waals surface area contributed by atoms with E-state index in [0.29, 0.717) is 21.4 Å². The fourth-order valence-electron chi connectivity index (χ4n) is 5.69. The van der Waals surface area contributed by atoms with Crippen LogP contribution in [0.15, 0.2) is 82.6 Å². The smallest absolute Gasteiger partial charge is 0.338 e. The number of allylic oxidation sites excluding steroid dienone is 2. The molecule has 11 heteroatoms. The summed E-state index contributed by atoms with van der Waals surface area (Å²) in [6.07, 6.45) is 0.150. The summed E-state index contributed by atoms with van der Waals surface area (Å²) in [5.41, 5.74) is 7.54. The molecule has 0 bridgehead atoms. The number of halogens is 3. The van der Waals surface area contributed by atoms with E-state index in [1.54, 1.807) is 32.0 Å². The summed E-state index contributed by atoms with van der Waals surface area (Å²) >= 11 is 14.1. The highest BCUT2D eigenvalue weighted by Crippen LogP contribution is 2.52. The molecule has 2 aromatic carbocycles. The number of nitrogens with two attached hydrogens (primary N) is 1. The van der Waals surface area contributed by atoms with Crippen LogP contribution in [0, 0.1) is 11.7 Å². The molecule has 1 aromatic heterocycles. The molecule has 0 unspecified atom stereocenters. The number of ether oxygens (including phenoxy) is 2. The van der Waals surface area contributed by atoms with Crippen LogP contribution < -0.4 is 10.6 Å². The number of ketones is 1. The van der Waals surface area contributed by atoms with Crippen molar-refractivity contribution in [3.63, 3.8) is 0 Å². The third kappa shape index (κ3) is 5.32. The highest BCUT2D eigenvalue weighted by Gasteiger charge is 2.52. The van der Waals surface area contributed by atoms with Crippen molar-refractivity contribution < 1.29 is 28.2 Å². The van der Waals surface area contributed by atoms with Gasteiger partial charge in [0.25, 0.3) is 0 Å². The Morgan fingerprint density at radius 1 is 1.05 bits per heavy atom. The second-order valence-electron chi connectivity index (χ2n) is 9.72. The van der Waals surface area contributed by atoms with Gasteiger partial charge in [-0.1, -0.05) is 47.5 Å². The van der Waals surface area contributed by atoms with E-state index in [0.717, 1.165) is 4.88 Å². The number of benzene rings is 2. The average molecular weight is 630 g/mol. The first kappa shape index (κ1) is 29.8. The largest absolute Gasteiger partial charge is 0.465 e. The highest BCUT2D eigenvalue weighted by atomic mass is 35.5. The van der Waals surface area contributed by atoms with Crippen molar-refractivity contribution in [2.75, 3.05) is 18.1 Å². The van der Waals surface area contributed by atoms with E-state index in [2.05, 4.69) is 0 Å². The Bertz CT molecular complexity index is 1600. The van der Waals surface area contributed by atoms with Gasteiger partial charge in [0, 0.05) is 37.7 Å². The molecule has 0 amide bonds. The monoisotopic (exact) mass is 628 g/mol. The molecule has 0 saturated heterocycles. The van der Waals surface area contributed by atoms with Crippen LogP contribution in [0.3, 0.4) is 0 Å². The van der Waals surface area contributed by atoms with E-state index >= 15 is 4.39 Å². The lowest BCUT2D eigenvalue weighted by Gasteiger charge is -2.44. The number of anilines is 1. The van der Waals surface area contributed by atoms with Crippen molar-refractivity contribution in [3.05, 3.63) is 109 Å². The Morgan fingerprint density at radius 2 is 1.74 bits per heavy atom. The van der Waals surface area contributed by atoms with Crippen LogP contribution in [-0.2, 0) is 23.9 Å². The maximum absolute atomic E-state index is 15.5.